The molecule has 8 heteroatoms. The number of carbonyl (C=O) groups is 1. The maximum absolute atomic E-state index is 12.9. The van der Waals surface area contributed by atoms with Crippen molar-refractivity contribution < 1.29 is 17.9 Å². The van der Waals surface area contributed by atoms with Gasteiger partial charge in [-0.25, -0.2) is 12.7 Å². The zero-order valence-electron chi connectivity index (χ0n) is 15.3. The zero-order valence-corrected chi connectivity index (χ0v) is 16.1. The van der Waals surface area contributed by atoms with E-state index in [0.717, 1.165) is 13.1 Å². The average molecular weight is 369 g/mol. The van der Waals surface area contributed by atoms with Crippen LogP contribution in [0.4, 0.5) is 5.69 Å². The van der Waals surface area contributed by atoms with Crippen LogP contribution in [0.2, 0.25) is 0 Å². The fourth-order valence-electron chi connectivity index (χ4n) is 3.03. The Morgan fingerprint density at radius 3 is 2.52 bits per heavy atom. The van der Waals surface area contributed by atoms with Crippen LogP contribution in [0.15, 0.2) is 23.1 Å². The number of amides is 1. The van der Waals surface area contributed by atoms with Gasteiger partial charge >= 0.3 is 0 Å². The molecule has 25 heavy (non-hydrogen) atoms. The normalized spacial score (nSPS) is 17.5. The van der Waals surface area contributed by atoms with Gasteiger partial charge in [-0.3, -0.25) is 4.79 Å². The van der Waals surface area contributed by atoms with Gasteiger partial charge in [-0.2, -0.15) is 0 Å². The van der Waals surface area contributed by atoms with Crippen LogP contribution >= 0.6 is 0 Å². The number of sulfonamides is 1. The molecule has 1 amide bonds. The minimum absolute atomic E-state index is 0.132. The van der Waals surface area contributed by atoms with Crippen molar-refractivity contribution in [3.05, 3.63) is 23.8 Å². The summed E-state index contributed by atoms with van der Waals surface area (Å²) in [7, 11) is 0.997. The summed E-state index contributed by atoms with van der Waals surface area (Å²) in [5.74, 6) is -0.132. The summed E-state index contributed by atoms with van der Waals surface area (Å²) in [6.07, 6.45) is 1.36. The van der Waals surface area contributed by atoms with E-state index in [-0.39, 0.29) is 10.8 Å². The zero-order chi connectivity index (χ0) is 18.7. The molecule has 1 aromatic rings. The standard InChI is InChI=1S/C17H27N3O4S/c1-13-5-6-14(11-15(13)25(22,23)20(2)3)19-16(21)17(12-24-4)7-9-18-10-8-17/h5-6,11,18H,7-10,12H2,1-4H3,(H,19,21). The number of methoxy groups -OCH3 is 1. The van der Waals surface area contributed by atoms with E-state index in [0.29, 0.717) is 30.7 Å². The third-order valence-corrected chi connectivity index (χ3v) is 6.62. The van der Waals surface area contributed by atoms with Crippen molar-refractivity contribution in [3.63, 3.8) is 0 Å². The minimum atomic E-state index is -3.57. The molecule has 140 valence electrons. The molecule has 1 saturated heterocycles. The molecule has 1 aromatic carbocycles. The first-order valence-electron chi connectivity index (χ1n) is 8.27. The lowest BCUT2D eigenvalue weighted by Gasteiger charge is -2.35. The van der Waals surface area contributed by atoms with Crippen LogP contribution in [-0.4, -0.2) is 59.5 Å². The third kappa shape index (κ3) is 4.20. The van der Waals surface area contributed by atoms with E-state index in [1.54, 1.807) is 26.2 Å². The van der Waals surface area contributed by atoms with E-state index < -0.39 is 15.4 Å². The molecule has 0 bridgehead atoms. The second kappa shape index (κ2) is 7.82. The molecule has 0 radical (unpaired) electrons. The lowest BCUT2D eigenvalue weighted by atomic mass is 9.78. The molecular weight excluding hydrogens is 342 g/mol. The van der Waals surface area contributed by atoms with Crippen LogP contribution in [0.1, 0.15) is 18.4 Å². The van der Waals surface area contributed by atoms with E-state index in [1.165, 1.54) is 24.5 Å². The Bertz CT molecular complexity index is 720. The quantitative estimate of drug-likeness (QED) is 0.787. The first kappa shape index (κ1) is 19.8. The topological polar surface area (TPSA) is 87.7 Å². The van der Waals surface area contributed by atoms with Crippen LogP contribution in [0.3, 0.4) is 0 Å². The SMILES string of the molecule is COCC1(C(=O)Nc2ccc(C)c(S(=O)(=O)N(C)C)c2)CCNCC1. The summed E-state index contributed by atoms with van der Waals surface area (Å²) in [4.78, 5) is 13.1. The van der Waals surface area contributed by atoms with Crippen LogP contribution < -0.4 is 10.6 Å². The van der Waals surface area contributed by atoms with Gasteiger partial charge in [-0.15, -0.1) is 0 Å². The second-order valence-corrected chi connectivity index (χ2v) is 8.81. The van der Waals surface area contributed by atoms with Gasteiger partial charge in [0.25, 0.3) is 0 Å². The van der Waals surface area contributed by atoms with Crippen LogP contribution in [-0.2, 0) is 19.6 Å². The van der Waals surface area contributed by atoms with Gasteiger partial charge in [0, 0.05) is 26.9 Å². The monoisotopic (exact) mass is 369 g/mol. The minimum Gasteiger partial charge on any atom is -0.384 e. The smallest absolute Gasteiger partial charge is 0.242 e. The Balaban J connectivity index is 2.29. The molecule has 2 rings (SSSR count). The van der Waals surface area contributed by atoms with Crippen molar-refractivity contribution in [2.75, 3.05) is 46.2 Å². The molecule has 7 nitrogen and oxygen atoms in total. The molecule has 0 aliphatic carbocycles. The molecular formula is C17H27N3O4S. The molecule has 0 unspecified atom stereocenters. The molecule has 1 aliphatic rings. The number of piperidine rings is 1. The summed E-state index contributed by atoms with van der Waals surface area (Å²) in [6, 6.07) is 4.95. The highest BCUT2D eigenvalue weighted by Crippen LogP contribution is 2.31. The van der Waals surface area contributed by atoms with Crippen molar-refractivity contribution in [1.82, 2.24) is 9.62 Å². The van der Waals surface area contributed by atoms with Crippen LogP contribution in [0.5, 0.6) is 0 Å². The molecule has 0 atom stereocenters. The molecule has 0 aromatic heterocycles. The number of aryl methyl sites for hydroxylation is 1. The summed E-state index contributed by atoms with van der Waals surface area (Å²) < 4.78 is 31.3. The van der Waals surface area contributed by atoms with E-state index in [2.05, 4.69) is 10.6 Å². The summed E-state index contributed by atoms with van der Waals surface area (Å²) in [5.41, 5.74) is 0.524. The number of carbonyl (C=O) groups excluding carboxylic acids is 1. The van der Waals surface area contributed by atoms with Gasteiger partial charge in [0.05, 0.1) is 16.9 Å². The third-order valence-electron chi connectivity index (χ3n) is 4.67. The number of hydrogen-bond acceptors (Lipinski definition) is 5. The van der Waals surface area contributed by atoms with Crippen LogP contribution in [0, 0.1) is 12.3 Å². The van der Waals surface area contributed by atoms with Gasteiger partial charge in [-0.05, 0) is 50.6 Å². The molecule has 0 saturated carbocycles. The number of nitrogens with one attached hydrogen (secondary N) is 2. The van der Waals surface area contributed by atoms with Gasteiger partial charge < -0.3 is 15.4 Å². The van der Waals surface area contributed by atoms with Crippen molar-refractivity contribution in [1.29, 1.82) is 0 Å². The highest BCUT2D eigenvalue weighted by molar-refractivity contribution is 7.89. The average Bonchev–Trinajstić information content (AvgIpc) is 2.57. The van der Waals surface area contributed by atoms with E-state index in [4.69, 9.17) is 4.74 Å². The highest BCUT2D eigenvalue weighted by atomic mass is 32.2. The first-order valence-corrected chi connectivity index (χ1v) is 9.71. The lowest BCUT2D eigenvalue weighted by Crippen LogP contribution is -2.47. The van der Waals surface area contributed by atoms with Crippen molar-refractivity contribution >= 4 is 21.6 Å². The fraction of sp³-hybridized carbons (Fsp3) is 0.588. The summed E-state index contributed by atoms with van der Waals surface area (Å²) in [6.45, 7) is 3.59. The van der Waals surface area contributed by atoms with Crippen molar-refractivity contribution in [3.8, 4) is 0 Å². The van der Waals surface area contributed by atoms with Gasteiger partial charge in [0.1, 0.15) is 0 Å². The Morgan fingerprint density at radius 1 is 1.32 bits per heavy atom. The van der Waals surface area contributed by atoms with Gasteiger partial charge in [-0.1, -0.05) is 6.07 Å². The highest BCUT2D eigenvalue weighted by Gasteiger charge is 2.39. The molecule has 2 N–H and O–H groups in total. The Kier molecular flexibility index (Phi) is 6.21. The number of nitrogens with zero attached hydrogens (tertiary/aromatic N) is 1. The Morgan fingerprint density at radius 2 is 1.96 bits per heavy atom. The summed E-state index contributed by atoms with van der Waals surface area (Å²) in [5, 5.41) is 6.13. The Hall–Kier alpha value is -1.48. The molecule has 1 fully saturated rings. The number of rotatable bonds is 6. The maximum atomic E-state index is 12.9. The predicted molar refractivity (Wildman–Crippen MR) is 97.1 cm³/mol. The van der Waals surface area contributed by atoms with Crippen molar-refractivity contribution in [2.45, 2.75) is 24.7 Å². The van der Waals surface area contributed by atoms with E-state index in [1.807, 2.05) is 0 Å². The summed E-state index contributed by atoms with van der Waals surface area (Å²) >= 11 is 0. The number of hydrogen-bond donors (Lipinski definition) is 2. The van der Waals surface area contributed by atoms with Gasteiger partial charge in [0.2, 0.25) is 15.9 Å². The molecule has 0 spiro atoms. The molecule has 1 aliphatic heterocycles. The van der Waals surface area contributed by atoms with Crippen molar-refractivity contribution in [2.24, 2.45) is 5.41 Å². The van der Waals surface area contributed by atoms with E-state index >= 15 is 0 Å². The molecule has 1 heterocycles. The Labute approximate surface area is 149 Å². The van der Waals surface area contributed by atoms with Gasteiger partial charge in [0.15, 0.2) is 0 Å². The lowest BCUT2D eigenvalue weighted by molar-refractivity contribution is -0.130. The van der Waals surface area contributed by atoms with E-state index in [9.17, 15) is 13.2 Å². The number of ether oxygens (including phenoxy) is 1. The fourth-order valence-corrected chi connectivity index (χ4v) is 4.18. The second-order valence-electron chi connectivity index (χ2n) is 6.69. The number of benzene rings is 1. The first-order chi connectivity index (χ1) is 11.7. The largest absolute Gasteiger partial charge is 0.384 e. The maximum Gasteiger partial charge on any atom is 0.242 e. The van der Waals surface area contributed by atoms with Crippen LogP contribution in [0.25, 0.3) is 0 Å². The number of anilines is 1. The predicted octanol–water partition coefficient (Wildman–Crippen LogP) is 1.20.